The van der Waals surface area contributed by atoms with Gasteiger partial charge in [0.15, 0.2) is 0 Å². The van der Waals surface area contributed by atoms with E-state index in [9.17, 15) is 4.79 Å². The number of benzene rings is 2. The van der Waals surface area contributed by atoms with Crippen molar-refractivity contribution < 1.29 is 14.3 Å². The van der Waals surface area contributed by atoms with Gasteiger partial charge in [-0.1, -0.05) is 12.1 Å². The van der Waals surface area contributed by atoms with Crippen LogP contribution in [0.15, 0.2) is 67.0 Å². The van der Waals surface area contributed by atoms with Crippen LogP contribution in [0.1, 0.15) is 24.2 Å². The quantitative estimate of drug-likeness (QED) is 0.586. The summed E-state index contributed by atoms with van der Waals surface area (Å²) in [6, 6.07) is 16.7. The second-order valence-corrected chi connectivity index (χ2v) is 5.93. The molecule has 6 heteroatoms. The third-order valence-corrected chi connectivity index (χ3v) is 3.89. The fourth-order valence-corrected chi connectivity index (χ4v) is 2.65. The standard InChI is InChI=1S/C22H23N3O3/c1-3-27-19-11-9-17(10-12-19)24-18-13-16(14-23-15-18)22(26)25-20-7-5-6-8-21(20)28-4-2/h5-15,24H,3-4H2,1-2H3,(H,25,26). The molecule has 1 heterocycles. The van der Waals surface area contributed by atoms with E-state index >= 15 is 0 Å². The van der Waals surface area contributed by atoms with Crippen molar-refractivity contribution in [2.24, 2.45) is 0 Å². The fourth-order valence-electron chi connectivity index (χ4n) is 2.65. The number of para-hydroxylation sites is 2. The van der Waals surface area contributed by atoms with E-state index in [2.05, 4.69) is 15.6 Å². The summed E-state index contributed by atoms with van der Waals surface area (Å²) in [6.07, 6.45) is 3.20. The number of nitrogens with zero attached hydrogens (tertiary/aromatic N) is 1. The summed E-state index contributed by atoms with van der Waals surface area (Å²) in [5.41, 5.74) is 2.67. The molecule has 3 rings (SSSR count). The lowest BCUT2D eigenvalue weighted by Gasteiger charge is -2.12. The van der Waals surface area contributed by atoms with E-state index < -0.39 is 0 Å². The molecule has 0 atom stereocenters. The number of nitrogens with one attached hydrogen (secondary N) is 2. The lowest BCUT2D eigenvalue weighted by Crippen LogP contribution is -2.13. The van der Waals surface area contributed by atoms with Gasteiger partial charge in [0.05, 0.1) is 36.3 Å². The van der Waals surface area contributed by atoms with Crippen molar-refractivity contribution >= 4 is 23.0 Å². The smallest absolute Gasteiger partial charge is 0.257 e. The van der Waals surface area contributed by atoms with Crippen molar-refractivity contribution in [2.75, 3.05) is 23.8 Å². The van der Waals surface area contributed by atoms with Gasteiger partial charge in [0, 0.05) is 11.9 Å². The van der Waals surface area contributed by atoms with Gasteiger partial charge in [0.2, 0.25) is 0 Å². The normalized spacial score (nSPS) is 10.2. The molecule has 0 radical (unpaired) electrons. The number of hydrogen-bond donors (Lipinski definition) is 2. The molecule has 0 saturated heterocycles. The van der Waals surface area contributed by atoms with Crippen LogP contribution in [0.4, 0.5) is 17.1 Å². The number of carbonyl (C=O) groups excluding carboxylic acids is 1. The van der Waals surface area contributed by atoms with Crippen LogP contribution >= 0.6 is 0 Å². The molecule has 3 aromatic rings. The molecule has 0 aliphatic rings. The average molecular weight is 377 g/mol. The van der Waals surface area contributed by atoms with Crippen LogP contribution in [0.2, 0.25) is 0 Å². The zero-order valence-electron chi connectivity index (χ0n) is 15.9. The van der Waals surface area contributed by atoms with Crippen LogP contribution in [0.25, 0.3) is 0 Å². The SMILES string of the molecule is CCOc1ccc(Nc2cncc(C(=O)Nc3ccccc3OCC)c2)cc1. The Balaban J connectivity index is 1.71. The molecule has 0 fully saturated rings. The molecule has 0 aliphatic heterocycles. The number of aromatic nitrogens is 1. The number of carbonyl (C=O) groups is 1. The molecule has 0 bridgehead atoms. The van der Waals surface area contributed by atoms with Gasteiger partial charge in [0.1, 0.15) is 11.5 Å². The number of hydrogen-bond acceptors (Lipinski definition) is 5. The zero-order chi connectivity index (χ0) is 19.8. The summed E-state index contributed by atoms with van der Waals surface area (Å²) in [6.45, 7) is 5.00. The van der Waals surface area contributed by atoms with E-state index in [4.69, 9.17) is 9.47 Å². The molecule has 1 amide bonds. The van der Waals surface area contributed by atoms with E-state index in [-0.39, 0.29) is 5.91 Å². The highest BCUT2D eigenvalue weighted by Crippen LogP contribution is 2.25. The fraction of sp³-hybridized carbons (Fsp3) is 0.182. The first-order valence-electron chi connectivity index (χ1n) is 9.17. The molecule has 1 aromatic heterocycles. The van der Waals surface area contributed by atoms with Crippen molar-refractivity contribution in [3.8, 4) is 11.5 Å². The topological polar surface area (TPSA) is 72.5 Å². The van der Waals surface area contributed by atoms with Crippen LogP contribution in [0.5, 0.6) is 11.5 Å². The Hall–Kier alpha value is -3.54. The van der Waals surface area contributed by atoms with E-state index in [1.165, 1.54) is 6.20 Å². The summed E-state index contributed by atoms with van der Waals surface area (Å²) < 4.78 is 11.0. The van der Waals surface area contributed by atoms with Crippen LogP contribution < -0.4 is 20.1 Å². The minimum Gasteiger partial charge on any atom is -0.494 e. The van der Waals surface area contributed by atoms with Crippen molar-refractivity contribution in [1.82, 2.24) is 4.98 Å². The first-order valence-corrected chi connectivity index (χ1v) is 9.17. The Morgan fingerprint density at radius 2 is 1.68 bits per heavy atom. The lowest BCUT2D eigenvalue weighted by molar-refractivity contribution is 0.102. The molecule has 28 heavy (non-hydrogen) atoms. The Labute approximate surface area is 164 Å². The third kappa shape index (κ3) is 5.01. The van der Waals surface area contributed by atoms with Gasteiger partial charge >= 0.3 is 0 Å². The zero-order valence-corrected chi connectivity index (χ0v) is 15.9. The molecular formula is C22H23N3O3. The molecular weight excluding hydrogens is 354 g/mol. The maximum Gasteiger partial charge on any atom is 0.257 e. The maximum atomic E-state index is 12.6. The van der Waals surface area contributed by atoms with Gasteiger partial charge in [-0.15, -0.1) is 0 Å². The minimum atomic E-state index is -0.255. The maximum absolute atomic E-state index is 12.6. The second kappa shape index (κ2) is 9.41. The van der Waals surface area contributed by atoms with E-state index in [0.29, 0.717) is 30.2 Å². The Kier molecular flexibility index (Phi) is 6.46. The van der Waals surface area contributed by atoms with Crippen molar-refractivity contribution in [2.45, 2.75) is 13.8 Å². The number of ether oxygens (including phenoxy) is 2. The van der Waals surface area contributed by atoms with Gasteiger partial charge < -0.3 is 20.1 Å². The predicted octanol–water partition coefficient (Wildman–Crippen LogP) is 4.87. The number of anilines is 3. The monoisotopic (exact) mass is 377 g/mol. The van der Waals surface area contributed by atoms with Gasteiger partial charge in [0.25, 0.3) is 5.91 Å². The van der Waals surface area contributed by atoms with Gasteiger partial charge in [-0.2, -0.15) is 0 Å². The molecule has 0 aliphatic carbocycles. The predicted molar refractivity (Wildman–Crippen MR) is 111 cm³/mol. The van der Waals surface area contributed by atoms with Gasteiger partial charge in [-0.3, -0.25) is 9.78 Å². The van der Waals surface area contributed by atoms with Crippen LogP contribution in [0.3, 0.4) is 0 Å². The van der Waals surface area contributed by atoms with Crippen LogP contribution in [0, 0.1) is 0 Å². The summed E-state index contributed by atoms with van der Waals surface area (Å²) in [5, 5.41) is 6.12. The molecule has 0 spiro atoms. The molecule has 2 aromatic carbocycles. The Bertz CT molecular complexity index is 926. The molecule has 2 N–H and O–H groups in total. The summed E-state index contributed by atoms with van der Waals surface area (Å²) in [7, 11) is 0. The van der Waals surface area contributed by atoms with Gasteiger partial charge in [-0.05, 0) is 56.3 Å². The first kappa shape index (κ1) is 19.2. The van der Waals surface area contributed by atoms with Crippen LogP contribution in [-0.4, -0.2) is 24.1 Å². The highest BCUT2D eigenvalue weighted by atomic mass is 16.5. The second-order valence-electron chi connectivity index (χ2n) is 5.93. The lowest BCUT2D eigenvalue weighted by atomic mass is 10.2. The molecule has 0 saturated carbocycles. The number of rotatable bonds is 8. The van der Waals surface area contributed by atoms with Gasteiger partial charge in [-0.25, -0.2) is 0 Å². The molecule has 6 nitrogen and oxygen atoms in total. The number of amides is 1. The average Bonchev–Trinajstić information content (AvgIpc) is 2.71. The van der Waals surface area contributed by atoms with E-state index in [0.717, 1.165) is 17.1 Å². The first-order chi connectivity index (χ1) is 13.7. The van der Waals surface area contributed by atoms with Crippen molar-refractivity contribution in [1.29, 1.82) is 0 Å². The highest BCUT2D eigenvalue weighted by molar-refractivity contribution is 6.05. The number of pyridine rings is 1. The molecule has 144 valence electrons. The summed E-state index contributed by atoms with van der Waals surface area (Å²) in [4.78, 5) is 16.8. The highest BCUT2D eigenvalue weighted by Gasteiger charge is 2.11. The minimum absolute atomic E-state index is 0.255. The Morgan fingerprint density at radius 1 is 0.929 bits per heavy atom. The van der Waals surface area contributed by atoms with Crippen molar-refractivity contribution in [3.05, 3.63) is 72.6 Å². The van der Waals surface area contributed by atoms with Crippen molar-refractivity contribution in [3.63, 3.8) is 0 Å². The largest absolute Gasteiger partial charge is 0.494 e. The summed E-state index contributed by atoms with van der Waals surface area (Å²) in [5.74, 6) is 1.19. The Morgan fingerprint density at radius 3 is 2.43 bits per heavy atom. The summed E-state index contributed by atoms with van der Waals surface area (Å²) >= 11 is 0. The van der Waals surface area contributed by atoms with Crippen LogP contribution in [-0.2, 0) is 0 Å². The van der Waals surface area contributed by atoms with E-state index in [1.54, 1.807) is 18.3 Å². The van der Waals surface area contributed by atoms with E-state index in [1.807, 2.05) is 56.3 Å². The third-order valence-electron chi connectivity index (χ3n) is 3.89. The molecule has 0 unspecified atom stereocenters.